The molecule has 4 heteroatoms. The Balaban J connectivity index is 0.000000359. The van der Waals surface area contributed by atoms with Crippen LogP contribution in [0.4, 0.5) is 0 Å². The van der Waals surface area contributed by atoms with Crippen LogP contribution in [0.5, 0.6) is 0 Å². The highest BCUT2D eigenvalue weighted by atomic mass is 16.4. The summed E-state index contributed by atoms with van der Waals surface area (Å²) < 4.78 is 0. The van der Waals surface area contributed by atoms with Crippen molar-refractivity contribution in [3.05, 3.63) is 71.8 Å². The molecular weight excluding hydrogens is 328 g/mol. The Hall–Kier alpha value is -2.62. The fourth-order valence-electron chi connectivity index (χ4n) is 2.71. The van der Waals surface area contributed by atoms with E-state index in [-0.39, 0.29) is 12.8 Å². The first-order valence-electron chi connectivity index (χ1n) is 9.08. The number of unbranched alkanes of at least 4 members (excludes halogenated alkanes) is 2. The van der Waals surface area contributed by atoms with E-state index in [1.54, 1.807) is 0 Å². The van der Waals surface area contributed by atoms with Gasteiger partial charge < -0.3 is 10.2 Å². The normalized spacial score (nSPS) is 10.1. The standard InChI is InChI=1S/C18H22.C4H6O4/c1-2-3-6-15-18(16-11-7-4-8-12-16)17-13-9-5-10-14-17;5-3(6)1-2-4(7)8/h4-5,7-14,18H,2-3,6,15H2,1H3;1-2H2,(H,5,6)(H,7,8). The summed E-state index contributed by atoms with van der Waals surface area (Å²) in [6.07, 6.45) is 4.59. The number of rotatable bonds is 9. The molecule has 0 aromatic heterocycles. The van der Waals surface area contributed by atoms with Crippen LogP contribution in [0.2, 0.25) is 0 Å². The van der Waals surface area contributed by atoms with E-state index in [1.807, 2.05) is 0 Å². The van der Waals surface area contributed by atoms with Gasteiger partial charge in [0.25, 0.3) is 0 Å². The maximum atomic E-state index is 9.64. The van der Waals surface area contributed by atoms with Gasteiger partial charge in [-0.25, -0.2) is 0 Å². The van der Waals surface area contributed by atoms with Crippen molar-refractivity contribution < 1.29 is 19.8 Å². The summed E-state index contributed by atoms with van der Waals surface area (Å²) >= 11 is 0. The lowest BCUT2D eigenvalue weighted by molar-refractivity contribution is -0.143. The smallest absolute Gasteiger partial charge is 0.303 e. The highest BCUT2D eigenvalue weighted by Crippen LogP contribution is 2.29. The van der Waals surface area contributed by atoms with Crippen LogP contribution in [-0.4, -0.2) is 22.2 Å². The van der Waals surface area contributed by atoms with Crippen LogP contribution in [0, 0.1) is 0 Å². The van der Waals surface area contributed by atoms with Crippen molar-refractivity contribution in [1.29, 1.82) is 0 Å². The summed E-state index contributed by atoms with van der Waals surface area (Å²) in [4.78, 5) is 19.3. The Morgan fingerprint density at radius 1 is 0.769 bits per heavy atom. The first-order chi connectivity index (χ1) is 12.5. The van der Waals surface area contributed by atoms with Gasteiger partial charge in [0.1, 0.15) is 0 Å². The van der Waals surface area contributed by atoms with Crippen molar-refractivity contribution >= 4 is 11.9 Å². The average molecular weight is 356 g/mol. The van der Waals surface area contributed by atoms with E-state index in [2.05, 4.69) is 67.6 Å². The molecule has 0 saturated carbocycles. The summed E-state index contributed by atoms with van der Waals surface area (Å²) in [5.41, 5.74) is 2.89. The molecule has 0 aliphatic rings. The number of carbonyl (C=O) groups is 2. The highest BCUT2D eigenvalue weighted by molar-refractivity contribution is 5.75. The lowest BCUT2D eigenvalue weighted by Gasteiger charge is -2.18. The summed E-state index contributed by atoms with van der Waals surface area (Å²) in [6, 6.07) is 21.8. The van der Waals surface area contributed by atoms with E-state index in [0.29, 0.717) is 5.92 Å². The summed E-state index contributed by atoms with van der Waals surface area (Å²) in [6.45, 7) is 2.26. The van der Waals surface area contributed by atoms with Crippen molar-refractivity contribution in [3.8, 4) is 0 Å². The van der Waals surface area contributed by atoms with Crippen LogP contribution in [0.15, 0.2) is 60.7 Å². The van der Waals surface area contributed by atoms with E-state index in [4.69, 9.17) is 10.2 Å². The topological polar surface area (TPSA) is 74.6 Å². The summed E-state index contributed by atoms with van der Waals surface area (Å²) in [5.74, 6) is -1.60. The quantitative estimate of drug-likeness (QED) is 0.595. The lowest BCUT2D eigenvalue weighted by atomic mass is 9.87. The summed E-state index contributed by atoms with van der Waals surface area (Å²) in [5, 5.41) is 15.8. The molecule has 0 fully saturated rings. The Bertz CT molecular complexity index is 584. The predicted molar refractivity (Wildman–Crippen MR) is 103 cm³/mol. The molecule has 0 atom stereocenters. The van der Waals surface area contributed by atoms with Gasteiger partial charge in [-0.2, -0.15) is 0 Å². The molecule has 2 aromatic rings. The second kappa shape index (κ2) is 12.7. The molecule has 0 saturated heterocycles. The number of benzene rings is 2. The Morgan fingerprint density at radius 3 is 1.54 bits per heavy atom. The van der Waals surface area contributed by atoms with Gasteiger partial charge in [-0.3, -0.25) is 9.59 Å². The molecule has 0 unspecified atom stereocenters. The third-order valence-electron chi connectivity index (χ3n) is 4.05. The number of carboxylic acids is 2. The molecule has 0 aliphatic carbocycles. The van der Waals surface area contributed by atoms with Crippen LogP contribution in [-0.2, 0) is 9.59 Å². The van der Waals surface area contributed by atoms with E-state index in [9.17, 15) is 9.59 Å². The second-order valence-corrected chi connectivity index (χ2v) is 6.16. The number of hydrogen-bond acceptors (Lipinski definition) is 2. The molecule has 0 spiro atoms. The second-order valence-electron chi connectivity index (χ2n) is 6.16. The lowest BCUT2D eigenvalue weighted by Crippen LogP contribution is -2.01. The highest BCUT2D eigenvalue weighted by Gasteiger charge is 2.12. The molecule has 0 heterocycles. The van der Waals surface area contributed by atoms with Crippen molar-refractivity contribution in [2.24, 2.45) is 0 Å². The molecule has 0 amide bonds. The number of carboxylic acid groups (broad SMARTS) is 2. The third kappa shape index (κ3) is 9.02. The Kier molecular flexibility index (Phi) is 10.5. The van der Waals surface area contributed by atoms with E-state index >= 15 is 0 Å². The monoisotopic (exact) mass is 356 g/mol. The van der Waals surface area contributed by atoms with E-state index in [0.717, 1.165) is 0 Å². The van der Waals surface area contributed by atoms with Crippen LogP contribution in [0.25, 0.3) is 0 Å². The zero-order valence-corrected chi connectivity index (χ0v) is 15.3. The molecule has 2 aromatic carbocycles. The van der Waals surface area contributed by atoms with Gasteiger partial charge in [0, 0.05) is 5.92 Å². The first-order valence-corrected chi connectivity index (χ1v) is 9.08. The number of aliphatic carboxylic acids is 2. The van der Waals surface area contributed by atoms with Gasteiger partial charge in [0.15, 0.2) is 0 Å². The van der Waals surface area contributed by atoms with Gasteiger partial charge in [0.05, 0.1) is 12.8 Å². The van der Waals surface area contributed by atoms with Crippen molar-refractivity contribution in [1.82, 2.24) is 0 Å². The largest absolute Gasteiger partial charge is 0.481 e. The predicted octanol–water partition coefficient (Wildman–Crippen LogP) is 5.33. The minimum atomic E-state index is -1.08. The van der Waals surface area contributed by atoms with Crippen LogP contribution >= 0.6 is 0 Å². The zero-order valence-electron chi connectivity index (χ0n) is 15.3. The van der Waals surface area contributed by atoms with Gasteiger partial charge in [-0.05, 0) is 17.5 Å². The molecular formula is C22H28O4. The van der Waals surface area contributed by atoms with Gasteiger partial charge >= 0.3 is 11.9 Å². The average Bonchev–Trinajstić information content (AvgIpc) is 2.65. The van der Waals surface area contributed by atoms with Crippen LogP contribution < -0.4 is 0 Å². The van der Waals surface area contributed by atoms with Gasteiger partial charge in [-0.1, -0.05) is 86.8 Å². The minimum absolute atomic E-state index is 0.296. The maximum absolute atomic E-state index is 9.64. The van der Waals surface area contributed by atoms with Crippen LogP contribution in [0.1, 0.15) is 62.5 Å². The maximum Gasteiger partial charge on any atom is 0.303 e. The van der Waals surface area contributed by atoms with E-state index < -0.39 is 11.9 Å². The zero-order chi connectivity index (χ0) is 19.2. The molecule has 0 aliphatic heterocycles. The van der Waals surface area contributed by atoms with Crippen molar-refractivity contribution in [2.75, 3.05) is 0 Å². The SMILES string of the molecule is CCCCCC(c1ccccc1)c1ccccc1.O=C(O)CCC(=O)O. The number of hydrogen-bond donors (Lipinski definition) is 2. The van der Waals surface area contributed by atoms with Crippen molar-refractivity contribution in [3.63, 3.8) is 0 Å². The Morgan fingerprint density at radius 2 is 1.19 bits per heavy atom. The molecule has 4 nitrogen and oxygen atoms in total. The molecule has 0 radical (unpaired) electrons. The molecule has 0 bridgehead atoms. The fraction of sp³-hybridized carbons (Fsp3) is 0.364. The molecule has 2 rings (SSSR count). The van der Waals surface area contributed by atoms with E-state index in [1.165, 1.54) is 36.8 Å². The third-order valence-corrected chi connectivity index (χ3v) is 4.05. The van der Waals surface area contributed by atoms with Crippen LogP contribution in [0.3, 0.4) is 0 Å². The minimum Gasteiger partial charge on any atom is -0.481 e. The molecule has 140 valence electrons. The fourth-order valence-corrected chi connectivity index (χ4v) is 2.71. The van der Waals surface area contributed by atoms with Crippen molar-refractivity contribution in [2.45, 2.75) is 51.4 Å². The summed E-state index contributed by atoms with van der Waals surface area (Å²) in [7, 11) is 0. The molecule has 2 N–H and O–H groups in total. The van der Waals surface area contributed by atoms with Gasteiger partial charge in [0.2, 0.25) is 0 Å². The molecule has 26 heavy (non-hydrogen) atoms. The van der Waals surface area contributed by atoms with Gasteiger partial charge in [-0.15, -0.1) is 0 Å². The first kappa shape index (κ1) is 21.4. The Labute approximate surface area is 155 Å².